The lowest BCUT2D eigenvalue weighted by atomic mass is 10.1. The van der Waals surface area contributed by atoms with E-state index >= 15 is 0 Å². The number of nitrogens with zero attached hydrogens (tertiary/aromatic N) is 1. The van der Waals surface area contributed by atoms with E-state index in [1.807, 2.05) is 0 Å². The first kappa shape index (κ1) is 17.2. The maximum absolute atomic E-state index is 12.4. The minimum absolute atomic E-state index is 0.250. The molecule has 2 aromatic heterocycles. The summed E-state index contributed by atoms with van der Waals surface area (Å²) in [5, 5.41) is 12.8. The summed E-state index contributed by atoms with van der Waals surface area (Å²) in [5.74, 6) is -1.08. The van der Waals surface area contributed by atoms with E-state index in [1.54, 1.807) is 0 Å². The van der Waals surface area contributed by atoms with Gasteiger partial charge in [0.15, 0.2) is 6.10 Å². The lowest BCUT2D eigenvalue weighted by Crippen LogP contribution is -2.29. The van der Waals surface area contributed by atoms with Gasteiger partial charge in [-0.1, -0.05) is 6.42 Å². The van der Waals surface area contributed by atoms with Crippen LogP contribution in [0, 0.1) is 11.3 Å². The molecule has 0 saturated carbocycles. The molecule has 0 aliphatic heterocycles. The highest BCUT2D eigenvalue weighted by atomic mass is 32.1. The Morgan fingerprint density at radius 1 is 1.36 bits per heavy atom. The Bertz CT molecular complexity index is 817. The van der Waals surface area contributed by atoms with Crippen LogP contribution in [0.1, 0.15) is 52.5 Å². The molecule has 1 atom stereocenters. The quantitative estimate of drug-likeness (QED) is 0.665. The second-order valence-electron chi connectivity index (χ2n) is 5.93. The second kappa shape index (κ2) is 7.53. The van der Waals surface area contributed by atoms with E-state index in [0.717, 1.165) is 37.7 Å². The number of ether oxygens (including phenoxy) is 1. The van der Waals surface area contributed by atoms with Crippen LogP contribution >= 0.6 is 11.3 Å². The van der Waals surface area contributed by atoms with Crippen molar-refractivity contribution in [1.82, 2.24) is 0 Å². The van der Waals surface area contributed by atoms with E-state index in [9.17, 15) is 14.9 Å². The molecule has 1 amide bonds. The van der Waals surface area contributed by atoms with Crippen LogP contribution in [-0.4, -0.2) is 18.0 Å². The van der Waals surface area contributed by atoms with Crippen molar-refractivity contribution in [2.45, 2.75) is 45.1 Å². The number of amides is 1. The van der Waals surface area contributed by atoms with Crippen molar-refractivity contribution in [3.8, 4) is 6.07 Å². The zero-order valence-corrected chi connectivity index (χ0v) is 14.6. The molecule has 0 bridgehead atoms. The number of nitriles is 1. The number of furan rings is 1. The number of carbonyl (C=O) groups is 2. The highest BCUT2D eigenvalue weighted by Gasteiger charge is 2.24. The molecule has 25 heavy (non-hydrogen) atoms. The first-order valence-corrected chi connectivity index (χ1v) is 9.00. The Kier molecular flexibility index (Phi) is 5.19. The molecule has 0 radical (unpaired) electrons. The van der Waals surface area contributed by atoms with Gasteiger partial charge in [0.2, 0.25) is 0 Å². The number of carbonyl (C=O) groups excluding carboxylic acids is 2. The van der Waals surface area contributed by atoms with Crippen molar-refractivity contribution >= 4 is 28.2 Å². The number of fused-ring (bicyclic) bond motifs is 1. The van der Waals surface area contributed by atoms with Crippen LogP contribution < -0.4 is 5.32 Å². The number of nitrogens with one attached hydrogen (secondary N) is 1. The van der Waals surface area contributed by atoms with Crippen molar-refractivity contribution in [2.75, 3.05) is 5.32 Å². The van der Waals surface area contributed by atoms with E-state index in [0.29, 0.717) is 10.6 Å². The molecule has 0 fully saturated rings. The molecule has 2 aromatic rings. The molecule has 0 aromatic carbocycles. The Morgan fingerprint density at radius 3 is 2.88 bits per heavy atom. The summed E-state index contributed by atoms with van der Waals surface area (Å²) in [6, 6.07) is 3.68. The number of rotatable bonds is 4. The molecule has 130 valence electrons. The summed E-state index contributed by atoms with van der Waals surface area (Å²) in [4.78, 5) is 25.4. The van der Waals surface area contributed by atoms with Gasteiger partial charge in [-0.15, -0.1) is 11.3 Å². The average molecular weight is 358 g/mol. The van der Waals surface area contributed by atoms with Crippen molar-refractivity contribution in [3.05, 3.63) is 40.2 Å². The third-order valence-corrected chi connectivity index (χ3v) is 5.39. The molecule has 2 heterocycles. The molecule has 6 nitrogen and oxygen atoms in total. The fourth-order valence-corrected chi connectivity index (χ4v) is 4.07. The molecule has 1 N–H and O–H groups in total. The summed E-state index contributed by atoms with van der Waals surface area (Å²) in [6.45, 7) is 1.50. The normalized spacial score (nSPS) is 14.7. The Hall–Kier alpha value is -2.59. The van der Waals surface area contributed by atoms with Crippen LogP contribution in [0.5, 0.6) is 0 Å². The van der Waals surface area contributed by atoms with Gasteiger partial charge in [0, 0.05) is 4.88 Å². The van der Waals surface area contributed by atoms with Gasteiger partial charge in [-0.3, -0.25) is 4.79 Å². The average Bonchev–Trinajstić information content (AvgIpc) is 3.18. The third-order valence-electron chi connectivity index (χ3n) is 4.18. The van der Waals surface area contributed by atoms with Gasteiger partial charge in [-0.05, 0) is 44.2 Å². The van der Waals surface area contributed by atoms with Gasteiger partial charge >= 0.3 is 5.97 Å². The highest BCUT2D eigenvalue weighted by molar-refractivity contribution is 7.16. The number of thiophene rings is 1. The predicted molar refractivity (Wildman–Crippen MR) is 92.5 cm³/mol. The van der Waals surface area contributed by atoms with Crippen LogP contribution in [0.2, 0.25) is 0 Å². The van der Waals surface area contributed by atoms with Crippen molar-refractivity contribution < 1.29 is 18.7 Å². The largest absolute Gasteiger partial charge is 0.472 e. The molecule has 1 aliphatic carbocycles. The molecule has 3 rings (SSSR count). The zero-order chi connectivity index (χ0) is 17.8. The van der Waals surface area contributed by atoms with Gasteiger partial charge in [0.25, 0.3) is 5.91 Å². The lowest BCUT2D eigenvalue weighted by molar-refractivity contribution is -0.123. The second-order valence-corrected chi connectivity index (χ2v) is 7.03. The Morgan fingerprint density at radius 2 is 2.16 bits per heavy atom. The maximum Gasteiger partial charge on any atom is 0.342 e. The Balaban J connectivity index is 1.70. The molecule has 0 saturated heterocycles. The third kappa shape index (κ3) is 3.74. The summed E-state index contributed by atoms with van der Waals surface area (Å²) < 4.78 is 9.96. The van der Waals surface area contributed by atoms with Crippen LogP contribution in [0.3, 0.4) is 0 Å². The molecule has 0 unspecified atom stereocenters. The van der Waals surface area contributed by atoms with Crippen LogP contribution in [-0.2, 0) is 22.4 Å². The molecular formula is C18H18N2O4S. The number of esters is 1. The molecule has 0 spiro atoms. The number of anilines is 1. The highest BCUT2D eigenvalue weighted by Crippen LogP contribution is 2.37. The number of hydrogen-bond acceptors (Lipinski definition) is 6. The fraction of sp³-hybridized carbons (Fsp3) is 0.389. The smallest absolute Gasteiger partial charge is 0.342 e. The molecule has 1 aliphatic rings. The fourth-order valence-electron chi connectivity index (χ4n) is 2.83. The predicted octanol–water partition coefficient (Wildman–Crippen LogP) is 3.67. The van der Waals surface area contributed by atoms with Gasteiger partial charge in [-0.25, -0.2) is 4.79 Å². The number of aryl methyl sites for hydroxylation is 1. The lowest BCUT2D eigenvalue weighted by Gasteiger charge is -2.12. The first-order valence-electron chi connectivity index (χ1n) is 8.19. The summed E-state index contributed by atoms with van der Waals surface area (Å²) in [7, 11) is 0. The van der Waals surface area contributed by atoms with Crippen LogP contribution in [0.25, 0.3) is 0 Å². The minimum atomic E-state index is -0.976. The maximum atomic E-state index is 12.4. The van der Waals surface area contributed by atoms with Gasteiger partial charge in [0.1, 0.15) is 17.3 Å². The SMILES string of the molecule is C[C@H](OC(=O)c1ccoc1)C(=O)Nc1sc2c(c1C#N)CCCCC2. The minimum Gasteiger partial charge on any atom is -0.472 e. The van der Waals surface area contributed by atoms with E-state index in [4.69, 9.17) is 9.15 Å². The standard InChI is InChI=1S/C18H18N2O4S/c1-11(24-18(22)12-7-8-23-10-12)16(21)20-17-14(9-19)13-5-3-2-4-6-15(13)25-17/h7-8,10-11H,2-6H2,1H3,(H,20,21)/t11-/m0/s1. The zero-order valence-electron chi connectivity index (χ0n) is 13.8. The number of hydrogen-bond donors (Lipinski definition) is 1. The van der Waals surface area contributed by atoms with Gasteiger partial charge in [0.05, 0.1) is 17.4 Å². The van der Waals surface area contributed by atoms with E-state index in [1.165, 1.54) is 41.7 Å². The van der Waals surface area contributed by atoms with Gasteiger partial charge < -0.3 is 14.5 Å². The van der Waals surface area contributed by atoms with Crippen LogP contribution in [0.4, 0.5) is 5.00 Å². The van der Waals surface area contributed by atoms with E-state index in [-0.39, 0.29) is 5.56 Å². The Labute approximate surface area is 149 Å². The summed E-state index contributed by atoms with van der Waals surface area (Å²) >= 11 is 1.45. The summed E-state index contributed by atoms with van der Waals surface area (Å²) in [6.07, 6.45) is 6.78. The molecular weight excluding hydrogens is 340 g/mol. The monoisotopic (exact) mass is 358 g/mol. The first-order chi connectivity index (χ1) is 12.1. The van der Waals surface area contributed by atoms with E-state index < -0.39 is 18.0 Å². The van der Waals surface area contributed by atoms with Crippen molar-refractivity contribution in [2.24, 2.45) is 0 Å². The van der Waals surface area contributed by atoms with E-state index in [2.05, 4.69) is 11.4 Å². The van der Waals surface area contributed by atoms with Crippen molar-refractivity contribution in [1.29, 1.82) is 5.26 Å². The van der Waals surface area contributed by atoms with Crippen LogP contribution in [0.15, 0.2) is 23.0 Å². The van der Waals surface area contributed by atoms with Crippen molar-refractivity contribution in [3.63, 3.8) is 0 Å². The van der Waals surface area contributed by atoms with Gasteiger partial charge in [-0.2, -0.15) is 5.26 Å². The molecule has 7 heteroatoms. The topological polar surface area (TPSA) is 92.3 Å². The summed E-state index contributed by atoms with van der Waals surface area (Å²) in [5.41, 5.74) is 1.85.